The second kappa shape index (κ2) is 9.63. The van der Waals surface area contributed by atoms with Gasteiger partial charge in [-0.15, -0.1) is 0 Å². The number of methoxy groups -OCH3 is 1. The van der Waals surface area contributed by atoms with Crippen molar-refractivity contribution in [2.24, 2.45) is 0 Å². The summed E-state index contributed by atoms with van der Waals surface area (Å²) < 4.78 is 51.1. The third-order valence-corrected chi connectivity index (χ3v) is 5.32. The molecule has 2 heterocycles. The smallest absolute Gasteiger partial charge is 0.416 e. The number of amides is 1. The Morgan fingerprint density at radius 2 is 1.91 bits per heavy atom. The lowest BCUT2D eigenvalue weighted by atomic mass is 10.1. The molecule has 1 N–H and O–H groups in total. The quantitative estimate of drug-likeness (QED) is 0.603. The number of nitrogens with one attached hydrogen (secondary N) is 1. The van der Waals surface area contributed by atoms with E-state index >= 15 is 0 Å². The van der Waals surface area contributed by atoms with Crippen molar-refractivity contribution in [3.63, 3.8) is 0 Å². The normalized spacial score (nSPS) is 14.8. The molecule has 1 aliphatic rings. The van der Waals surface area contributed by atoms with Crippen LogP contribution in [-0.2, 0) is 17.5 Å². The number of morpholine rings is 1. The summed E-state index contributed by atoms with van der Waals surface area (Å²) in [4.78, 5) is 15.3. The lowest BCUT2D eigenvalue weighted by molar-refractivity contribution is -0.137. The van der Waals surface area contributed by atoms with E-state index in [9.17, 15) is 18.0 Å². The number of halogens is 3. The Kier molecular flexibility index (Phi) is 6.66. The molecular formula is C23H23F3N4O3. The summed E-state index contributed by atoms with van der Waals surface area (Å²) in [6, 6.07) is 12.1. The molecular weight excluding hydrogens is 437 g/mol. The van der Waals surface area contributed by atoms with Crippen LogP contribution in [0.4, 0.5) is 18.9 Å². The third-order valence-electron chi connectivity index (χ3n) is 5.32. The van der Waals surface area contributed by atoms with E-state index < -0.39 is 17.6 Å². The lowest BCUT2D eigenvalue weighted by Crippen LogP contribution is -2.35. The first-order valence-corrected chi connectivity index (χ1v) is 10.4. The van der Waals surface area contributed by atoms with Crippen molar-refractivity contribution in [3.05, 3.63) is 71.5 Å². The highest BCUT2D eigenvalue weighted by atomic mass is 19.4. The molecule has 0 bridgehead atoms. The number of carbonyl (C=O) groups is 1. The average Bonchev–Trinajstić information content (AvgIpc) is 3.25. The first-order valence-electron chi connectivity index (χ1n) is 10.4. The Balaban J connectivity index is 1.57. The van der Waals surface area contributed by atoms with Crippen molar-refractivity contribution in [1.29, 1.82) is 0 Å². The van der Waals surface area contributed by atoms with Gasteiger partial charge in [0.25, 0.3) is 5.91 Å². The zero-order valence-corrected chi connectivity index (χ0v) is 17.9. The van der Waals surface area contributed by atoms with Crippen LogP contribution < -0.4 is 10.1 Å². The molecule has 174 valence electrons. The Morgan fingerprint density at radius 1 is 1.15 bits per heavy atom. The van der Waals surface area contributed by atoms with Gasteiger partial charge in [-0.1, -0.05) is 24.3 Å². The van der Waals surface area contributed by atoms with Crippen molar-refractivity contribution in [2.75, 3.05) is 38.7 Å². The minimum Gasteiger partial charge on any atom is -0.493 e. The van der Waals surface area contributed by atoms with E-state index in [1.54, 1.807) is 6.07 Å². The summed E-state index contributed by atoms with van der Waals surface area (Å²) in [5.74, 6) is -0.373. The molecule has 0 spiro atoms. The molecule has 0 aliphatic carbocycles. The molecule has 0 saturated carbocycles. The summed E-state index contributed by atoms with van der Waals surface area (Å²) in [6.07, 6.45) is -3.11. The summed E-state index contributed by atoms with van der Waals surface area (Å²) in [7, 11) is 1.37. The average molecular weight is 460 g/mol. The highest BCUT2D eigenvalue weighted by Gasteiger charge is 2.31. The zero-order chi connectivity index (χ0) is 23.4. The Morgan fingerprint density at radius 3 is 2.64 bits per heavy atom. The molecule has 0 unspecified atom stereocenters. The number of aromatic nitrogens is 2. The number of benzene rings is 2. The molecule has 1 aliphatic heterocycles. The maximum Gasteiger partial charge on any atom is 0.416 e. The molecule has 1 fully saturated rings. The minimum atomic E-state index is -4.49. The van der Waals surface area contributed by atoms with Crippen molar-refractivity contribution in [1.82, 2.24) is 14.7 Å². The van der Waals surface area contributed by atoms with Gasteiger partial charge in [0.1, 0.15) is 0 Å². The van der Waals surface area contributed by atoms with Gasteiger partial charge in [0.15, 0.2) is 11.4 Å². The SMILES string of the molecule is COc1cn(-c2cccc(C(F)(F)F)c2)nc1C(=O)Nc1ccccc1CN1CCOCC1. The summed E-state index contributed by atoms with van der Waals surface area (Å²) in [6.45, 7) is 3.59. The van der Waals surface area contributed by atoms with Crippen molar-refractivity contribution < 1.29 is 27.4 Å². The molecule has 7 nitrogen and oxygen atoms in total. The van der Waals surface area contributed by atoms with Crippen molar-refractivity contribution in [3.8, 4) is 11.4 Å². The molecule has 1 amide bonds. The topological polar surface area (TPSA) is 68.6 Å². The highest BCUT2D eigenvalue weighted by Crippen LogP contribution is 2.31. The molecule has 4 rings (SSSR count). The molecule has 3 aromatic rings. The van der Waals surface area contributed by atoms with Gasteiger partial charge >= 0.3 is 6.18 Å². The van der Waals surface area contributed by atoms with Crippen LogP contribution in [0.5, 0.6) is 5.75 Å². The molecule has 1 aromatic heterocycles. The van der Waals surface area contributed by atoms with Gasteiger partial charge in [-0.2, -0.15) is 18.3 Å². The standard InChI is InChI=1S/C23H23F3N4O3/c1-32-20-15-30(18-7-4-6-17(13-18)23(24,25)26)28-21(20)22(31)27-19-8-3-2-5-16(19)14-29-9-11-33-12-10-29/h2-8,13,15H,9-12,14H2,1H3,(H,27,31). The van der Waals surface area contributed by atoms with E-state index in [0.29, 0.717) is 25.4 Å². The first-order chi connectivity index (χ1) is 15.8. The van der Waals surface area contributed by atoms with Gasteiger partial charge in [-0.05, 0) is 29.8 Å². The minimum absolute atomic E-state index is 0.0314. The molecule has 33 heavy (non-hydrogen) atoms. The lowest BCUT2D eigenvalue weighted by Gasteiger charge is -2.27. The maximum absolute atomic E-state index is 13.1. The monoisotopic (exact) mass is 460 g/mol. The predicted molar refractivity (Wildman–Crippen MR) is 116 cm³/mol. The number of hydrogen-bond acceptors (Lipinski definition) is 5. The number of ether oxygens (including phenoxy) is 2. The number of rotatable bonds is 6. The van der Waals surface area contributed by atoms with Crippen LogP contribution >= 0.6 is 0 Å². The third kappa shape index (κ3) is 5.35. The second-order valence-corrected chi connectivity index (χ2v) is 7.54. The van der Waals surface area contributed by atoms with Gasteiger partial charge in [0.2, 0.25) is 0 Å². The van der Waals surface area contributed by atoms with Gasteiger partial charge in [-0.25, -0.2) is 4.68 Å². The first kappa shape index (κ1) is 22.8. The molecule has 0 atom stereocenters. The van der Waals surface area contributed by atoms with E-state index in [1.165, 1.54) is 30.1 Å². The number of nitrogens with zero attached hydrogens (tertiary/aromatic N) is 3. The van der Waals surface area contributed by atoms with Crippen LogP contribution in [0.15, 0.2) is 54.7 Å². The fourth-order valence-electron chi connectivity index (χ4n) is 3.58. The van der Waals surface area contributed by atoms with Crippen LogP contribution in [-0.4, -0.2) is 54.0 Å². The largest absolute Gasteiger partial charge is 0.493 e. The maximum atomic E-state index is 13.1. The Bertz CT molecular complexity index is 1120. The molecule has 2 aromatic carbocycles. The van der Waals surface area contributed by atoms with Crippen LogP contribution in [0.25, 0.3) is 5.69 Å². The van der Waals surface area contributed by atoms with Crippen LogP contribution in [0.3, 0.4) is 0 Å². The number of alkyl halides is 3. The second-order valence-electron chi connectivity index (χ2n) is 7.54. The number of hydrogen-bond donors (Lipinski definition) is 1. The van der Waals surface area contributed by atoms with Gasteiger partial charge in [0, 0.05) is 25.3 Å². The fourth-order valence-corrected chi connectivity index (χ4v) is 3.58. The Hall–Kier alpha value is -3.37. The van der Waals surface area contributed by atoms with Crippen LogP contribution in [0.1, 0.15) is 21.6 Å². The molecule has 1 saturated heterocycles. The molecule has 0 radical (unpaired) electrons. The number of carbonyl (C=O) groups excluding carboxylic acids is 1. The van der Waals surface area contributed by atoms with E-state index in [2.05, 4.69) is 15.3 Å². The zero-order valence-electron chi connectivity index (χ0n) is 17.9. The Labute approximate surface area is 188 Å². The summed E-state index contributed by atoms with van der Waals surface area (Å²) >= 11 is 0. The highest BCUT2D eigenvalue weighted by molar-refractivity contribution is 6.05. The van der Waals surface area contributed by atoms with E-state index in [-0.39, 0.29) is 17.1 Å². The summed E-state index contributed by atoms with van der Waals surface area (Å²) in [5, 5.41) is 7.06. The van der Waals surface area contributed by atoms with Crippen LogP contribution in [0.2, 0.25) is 0 Å². The van der Waals surface area contributed by atoms with Crippen LogP contribution in [0, 0.1) is 0 Å². The molecule has 10 heteroatoms. The van der Waals surface area contributed by atoms with Crippen molar-refractivity contribution in [2.45, 2.75) is 12.7 Å². The van der Waals surface area contributed by atoms with Gasteiger partial charge < -0.3 is 14.8 Å². The van der Waals surface area contributed by atoms with Crippen molar-refractivity contribution >= 4 is 11.6 Å². The van der Waals surface area contributed by atoms with E-state index in [4.69, 9.17) is 9.47 Å². The van der Waals surface area contributed by atoms with Gasteiger partial charge in [0.05, 0.1) is 37.8 Å². The van der Waals surface area contributed by atoms with E-state index in [0.717, 1.165) is 30.8 Å². The fraction of sp³-hybridized carbons (Fsp3) is 0.304. The number of anilines is 1. The van der Waals surface area contributed by atoms with Gasteiger partial charge in [-0.3, -0.25) is 9.69 Å². The summed E-state index contributed by atoms with van der Waals surface area (Å²) in [5.41, 5.74) is 0.886. The number of para-hydroxylation sites is 1. The van der Waals surface area contributed by atoms with E-state index in [1.807, 2.05) is 18.2 Å². The predicted octanol–water partition coefficient (Wildman–Crippen LogP) is 3.98.